The highest BCUT2D eigenvalue weighted by Crippen LogP contribution is 2.45. The quantitative estimate of drug-likeness (QED) is 0.565. The van der Waals surface area contributed by atoms with E-state index in [2.05, 4.69) is 73.3 Å². The van der Waals surface area contributed by atoms with Gasteiger partial charge >= 0.3 is 0 Å². The number of nitrogens with zero attached hydrogens (tertiary/aromatic N) is 1. The predicted molar refractivity (Wildman–Crippen MR) is 121 cm³/mol. The van der Waals surface area contributed by atoms with Gasteiger partial charge in [-0.3, -0.25) is 4.79 Å². The van der Waals surface area contributed by atoms with E-state index in [-0.39, 0.29) is 12.0 Å². The Kier molecular flexibility index (Phi) is 6.89. The fourth-order valence-corrected chi connectivity index (χ4v) is 5.45. The Labute approximate surface area is 181 Å². The van der Waals surface area contributed by atoms with Crippen molar-refractivity contribution in [2.24, 2.45) is 17.8 Å². The highest BCUT2D eigenvalue weighted by Gasteiger charge is 2.43. The van der Waals surface area contributed by atoms with Gasteiger partial charge in [-0.25, -0.2) is 0 Å². The molecule has 2 aromatic carbocycles. The molecule has 0 aromatic heterocycles. The highest BCUT2D eigenvalue weighted by molar-refractivity contribution is 5.79. The van der Waals surface area contributed by atoms with Crippen LogP contribution < -0.4 is 0 Å². The van der Waals surface area contributed by atoms with E-state index < -0.39 is 0 Å². The van der Waals surface area contributed by atoms with Crippen molar-refractivity contribution in [3.05, 3.63) is 71.8 Å². The second-order valence-corrected chi connectivity index (χ2v) is 9.08. The zero-order valence-electron chi connectivity index (χ0n) is 18.4. The Morgan fingerprint density at radius 3 is 2.23 bits per heavy atom. The van der Waals surface area contributed by atoms with E-state index in [9.17, 15) is 4.79 Å². The smallest absolute Gasteiger partial charge is 0.226 e. The van der Waals surface area contributed by atoms with E-state index in [4.69, 9.17) is 4.74 Å². The molecular weight excluding hydrogens is 370 g/mol. The van der Waals surface area contributed by atoms with E-state index in [0.29, 0.717) is 23.8 Å². The molecule has 2 fully saturated rings. The third kappa shape index (κ3) is 4.62. The number of carbonyl (C=O) groups excluding carboxylic acids is 1. The number of ether oxygens (including phenoxy) is 1. The maximum atomic E-state index is 13.5. The molecule has 0 spiro atoms. The first-order valence-electron chi connectivity index (χ1n) is 11.7. The van der Waals surface area contributed by atoms with Crippen molar-refractivity contribution in [2.75, 3.05) is 6.61 Å². The number of rotatable bonds is 7. The molecule has 160 valence electrons. The topological polar surface area (TPSA) is 29.5 Å². The van der Waals surface area contributed by atoms with Crippen molar-refractivity contribution >= 4 is 5.91 Å². The van der Waals surface area contributed by atoms with Crippen molar-refractivity contribution in [1.82, 2.24) is 4.90 Å². The van der Waals surface area contributed by atoms with E-state index in [1.807, 2.05) is 6.07 Å². The molecule has 30 heavy (non-hydrogen) atoms. The van der Waals surface area contributed by atoms with E-state index in [0.717, 1.165) is 45.3 Å². The van der Waals surface area contributed by atoms with Gasteiger partial charge in [0.1, 0.15) is 0 Å². The number of hydrogen-bond donors (Lipinski definition) is 0. The van der Waals surface area contributed by atoms with Gasteiger partial charge < -0.3 is 9.64 Å². The zero-order chi connectivity index (χ0) is 20.9. The van der Waals surface area contributed by atoms with Crippen LogP contribution >= 0.6 is 0 Å². The van der Waals surface area contributed by atoms with E-state index in [1.54, 1.807) is 0 Å². The molecule has 0 radical (unpaired) electrons. The van der Waals surface area contributed by atoms with Gasteiger partial charge in [0.15, 0.2) is 0 Å². The summed E-state index contributed by atoms with van der Waals surface area (Å²) in [5.74, 6) is 1.68. The van der Waals surface area contributed by atoms with Gasteiger partial charge in [-0.1, -0.05) is 74.5 Å². The van der Waals surface area contributed by atoms with Crippen molar-refractivity contribution in [1.29, 1.82) is 0 Å². The van der Waals surface area contributed by atoms with E-state index >= 15 is 0 Å². The molecule has 0 unspecified atom stereocenters. The number of benzene rings is 2. The van der Waals surface area contributed by atoms with Crippen molar-refractivity contribution in [2.45, 2.75) is 64.6 Å². The Hall–Kier alpha value is -2.13. The first-order valence-corrected chi connectivity index (χ1v) is 11.7. The highest BCUT2D eigenvalue weighted by atomic mass is 16.5. The van der Waals surface area contributed by atoms with Gasteiger partial charge in [0.25, 0.3) is 0 Å². The third-order valence-corrected chi connectivity index (χ3v) is 7.27. The van der Waals surface area contributed by atoms with Crippen molar-refractivity contribution in [3.63, 3.8) is 0 Å². The Bertz CT molecular complexity index is 802. The number of hydrogen-bond acceptors (Lipinski definition) is 2. The minimum Gasteiger partial charge on any atom is -0.373 e. The number of fused-ring (bicyclic) bond motifs is 1. The van der Waals surface area contributed by atoms with Gasteiger partial charge in [0.2, 0.25) is 5.91 Å². The maximum absolute atomic E-state index is 13.5. The SMILES string of the molecule is CCC(CC)C(=O)N(Cc1ccccc1)[C@@H]1C[C@@H]2CO[C@H](c3ccccc3)C[C@@H]2C1. The minimum absolute atomic E-state index is 0.129. The van der Waals surface area contributed by atoms with Crippen molar-refractivity contribution in [3.8, 4) is 0 Å². The monoisotopic (exact) mass is 405 g/mol. The lowest BCUT2D eigenvalue weighted by atomic mass is 9.86. The molecular formula is C27H35NO2. The molecule has 1 aliphatic carbocycles. The van der Waals surface area contributed by atoms with Crippen LogP contribution in [0.2, 0.25) is 0 Å². The Balaban J connectivity index is 1.49. The first-order chi connectivity index (χ1) is 14.7. The molecule has 1 aliphatic heterocycles. The summed E-state index contributed by atoms with van der Waals surface area (Å²) in [6, 6.07) is 21.4. The molecule has 3 heteroatoms. The average Bonchev–Trinajstić information content (AvgIpc) is 3.22. The molecule has 0 N–H and O–H groups in total. The summed E-state index contributed by atoms with van der Waals surface area (Å²) in [4.78, 5) is 15.7. The molecule has 1 amide bonds. The normalized spacial score (nSPS) is 25.8. The molecule has 2 aromatic rings. The van der Waals surface area contributed by atoms with Crippen LogP contribution in [0.4, 0.5) is 0 Å². The van der Waals surface area contributed by atoms with Crippen LogP contribution in [0.3, 0.4) is 0 Å². The first kappa shape index (κ1) is 21.1. The maximum Gasteiger partial charge on any atom is 0.226 e. The van der Waals surface area contributed by atoms with Crippen LogP contribution in [0, 0.1) is 17.8 Å². The molecule has 1 saturated heterocycles. The predicted octanol–water partition coefficient (Wildman–Crippen LogP) is 6.01. The second-order valence-electron chi connectivity index (χ2n) is 9.08. The summed E-state index contributed by atoms with van der Waals surface area (Å²) in [6.07, 6.45) is 5.28. The number of carbonyl (C=O) groups is 1. The summed E-state index contributed by atoms with van der Waals surface area (Å²) in [5, 5.41) is 0. The molecule has 1 heterocycles. The van der Waals surface area contributed by atoms with Crippen LogP contribution in [0.1, 0.15) is 63.2 Å². The van der Waals surface area contributed by atoms with Gasteiger partial charge in [-0.15, -0.1) is 0 Å². The Morgan fingerprint density at radius 2 is 1.57 bits per heavy atom. The standard InChI is InChI=1S/C27H35NO2/c1-3-21(4-2)27(29)28(18-20-11-7-5-8-12-20)25-15-23-17-26(30-19-24(23)16-25)22-13-9-6-10-14-22/h5-14,21,23-26H,3-4,15-19H2,1-2H3/t23-,24+,25-,26-/m0/s1. The summed E-state index contributed by atoms with van der Waals surface area (Å²) >= 11 is 0. The third-order valence-electron chi connectivity index (χ3n) is 7.27. The second kappa shape index (κ2) is 9.78. The summed E-state index contributed by atoms with van der Waals surface area (Å²) in [5.41, 5.74) is 2.51. The lowest BCUT2D eigenvalue weighted by Crippen LogP contribution is -2.42. The van der Waals surface area contributed by atoms with Gasteiger partial charge in [-0.05, 0) is 55.1 Å². The lowest BCUT2D eigenvalue weighted by Gasteiger charge is -2.32. The van der Waals surface area contributed by atoms with Gasteiger partial charge in [0, 0.05) is 18.5 Å². The minimum atomic E-state index is 0.129. The molecule has 3 nitrogen and oxygen atoms in total. The summed E-state index contributed by atoms with van der Waals surface area (Å²) in [7, 11) is 0. The van der Waals surface area contributed by atoms with Crippen LogP contribution in [-0.4, -0.2) is 23.5 Å². The van der Waals surface area contributed by atoms with Crippen LogP contribution in [0.5, 0.6) is 0 Å². The van der Waals surface area contributed by atoms with Gasteiger partial charge in [0.05, 0.1) is 12.7 Å². The molecule has 2 aliphatic rings. The fraction of sp³-hybridized carbons (Fsp3) is 0.519. The lowest BCUT2D eigenvalue weighted by molar-refractivity contribution is -0.139. The molecule has 4 rings (SSSR count). The van der Waals surface area contributed by atoms with Crippen LogP contribution in [0.15, 0.2) is 60.7 Å². The Morgan fingerprint density at radius 1 is 0.933 bits per heavy atom. The fourth-order valence-electron chi connectivity index (χ4n) is 5.45. The van der Waals surface area contributed by atoms with E-state index in [1.165, 1.54) is 11.1 Å². The summed E-state index contributed by atoms with van der Waals surface area (Å²) in [6.45, 7) is 5.82. The van der Waals surface area contributed by atoms with Crippen LogP contribution in [0.25, 0.3) is 0 Å². The largest absolute Gasteiger partial charge is 0.373 e. The number of amides is 1. The van der Waals surface area contributed by atoms with Crippen LogP contribution in [-0.2, 0) is 16.1 Å². The molecule has 4 atom stereocenters. The van der Waals surface area contributed by atoms with Gasteiger partial charge in [-0.2, -0.15) is 0 Å². The van der Waals surface area contributed by atoms with Crippen molar-refractivity contribution < 1.29 is 9.53 Å². The molecule has 0 bridgehead atoms. The summed E-state index contributed by atoms with van der Waals surface area (Å²) < 4.78 is 6.27. The average molecular weight is 406 g/mol. The molecule has 1 saturated carbocycles. The zero-order valence-corrected chi connectivity index (χ0v) is 18.4.